The van der Waals surface area contributed by atoms with Crippen LogP contribution in [0.25, 0.3) is 5.69 Å². The fourth-order valence-corrected chi connectivity index (χ4v) is 2.49. The first-order chi connectivity index (χ1) is 10.7. The van der Waals surface area contributed by atoms with Crippen molar-refractivity contribution in [2.24, 2.45) is 0 Å². The molecule has 0 aliphatic rings. The molecule has 0 fully saturated rings. The molecule has 3 rings (SSSR count). The number of rotatable bonds is 4. The van der Waals surface area contributed by atoms with Crippen LogP contribution in [-0.2, 0) is 6.42 Å². The van der Waals surface area contributed by atoms with Gasteiger partial charge in [0.2, 0.25) is 5.88 Å². The van der Waals surface area contributed by atoms with Gasteiger partial charge in [0.1, 0.15) is 11.6 Å². The Balaban J connectivity index is 2.01. The molecule has 0 bridgehead atoms. The summed E-state index contributed by atoms with van der Waals surface area (Å²) in [5.74, 6) is 0.913. The molecule has 0 atom stereocenters. The summed E-state index contributed by atoms with van der Waals surface area (Å²) >= 11 is 0. The predicted octanol–water partition coefficient (Wildman–Crippen LogP) is 5.28. The molecule has 0 aliphatic heterocycles. The highest BCUT2D eigenvalue weighted by molar-refractivity contribution is 5.46. The maximum absolute atomic E-state index is 13.4. The number of benzene rings is 2. The van der Waals surface area contributed by atoms with Gasteiger partial charge in [0.05, 0.1) is 5.69 Å². The lowest BCUT2D eigenvalue weighted by molar-refractivity contribution is 0.445. The summed E-state index contributed by atoms with van der Waals surface area (Å²) < 4.78 is 21.4. The van der Waals surface area contributed by atoms with Crippen molar-refractivity contribution in [2.45, 2.75) is 20.3 Å². The molecule has 1 aromatic heterocycles. The van der Waals surface area contributed by atoms with Gasteiger partial charge in [-0.1, -0.05) is 31.2 Å². The zero-order chi connectivity index (χ0) is 15.5. The van der Waals surface area contributed by atoms with Gasteiger partial charge < -0.3 is 4.74 Å². The number of aromatic nitrogens is 1. The Bertz CT molecular complexity index is 792. The highest BCUT2D eigenvalue weighted by Crippen LogP contribution is 2.29. The Kier molecular flexibility index (Phi) is 3.96. The molecular weight excluding hydrogens is 277 g/mol. The molecule has 0 aliphatic carbocycles. The van der Waals surface area contributed by atoms with Gasteiger partial charge in [0.15, 0.2) is 0 Å². The number of hydrogen-bond donors (Lipinski definition) is 0. The van der Waals surface area contributed by atoms with Crippen molar-refractivity contribution in [3.63, 3.8) is 0 Å². The Morgan fingerprint density at radius 2 is 1.86 bits per heavy atom. The van der Waals surface area contributed by atoms with Crippen LogP contribution in [0.15, 0.2) is 60.8 Å². The number of hydrogen-bond acceptors (Lipinski definition) is 1. The summed E-state index contributed by atoms with van der Waals surface area (Å²) in [6.07, 6.45) is 2.89. The maximum atomic E-state index is 13.4. The van der Waals surface area contributed by atoms with Crippen molar-refractivity contribution in [3.05, 3.63) is 77.7 Å². The van der Waals surface area contributed by atoms with E-state index in [2.05, 4.69) is 19.1 Å². The molecule has 3 aromatic rings. The van der Waals surface area contributed by atoms with E-state index in [0.29, 0.717) is 11.6 Å². The van der Waals surface area contributed by atoms with Gasteiger partial charge in [-0.3, -0.25) is 4.57 Å². The van der Waals surface area contributed by atoms with Gasteiger partial charge in [-0.05, 0) is 42.7 Å². The van der Waals surface area contributed by atoms with E-state index in [9.17, 15) is 4.39 Å². The zero-order valence-electron chi connectivity index (χ0n) is 12.7. The molecule has 3 heteroatoms. The molecule has 112 valence electrons. The summed E-state index contributed by atoms with van der Waals surface area (Å²) in [7, 11) is 0. The van der Waals surface area contributed by atoms with Crippen LogP contribution in [0.5, 0.6) is 11.6 Å². The average Bonchev–Trinajstić information content (AvgIpc) is 2.99. The summed E-state index contributed by atoms with van der Waals surface area (Å²) in [4.78, 5) is 0. The molecule has 0 amide bonds. The van der Waals surface area contributed by atoms with E-state index in [1.165, 1.54) is 17.7 Å². The van der Waals surface area contributed by atoms with Crippen LogP contribution in [0.3, 0.4) is 0 Å². The topological polar surface area (TPSA) is 14.2 Å². The normalized spacial score (nSPS) is 10.7. The Hall–Kier alpha value is -2.55. The second-order valence-electron chi connectivity index (χ2n) is 5.21. The van der Waals surface area contributed by atoms with Crippen LogP contribution in [0.1, 0.15) is 18.1 Å². The monoisotopic (exact) mass is 295 g/mol. The standard InChI is InChI=1S/C19H18FNO/c1-3-15-7-4-5-8-17(15)21-12-6-9-19(21)22-18-13-16(20)11-10-14(18)2/h4-13H,3H2,1-2H3. The molecule has 1 heterocycles. The first kappa shape index (κ1) is 14.4. The van der Waals surface area contributed by atoms with Gasteiger partial charge in [-0.15, -0.1) is 0 Å². The molecule has 0 N–H and O–H groups in total. The fourth-order valence-electron chi connectivity index (χ4n) is 2.49. The zero-order valence-corrected chi connectivity index (χ0v) is 12.7. The first-order valence-corrected chi connectivity index (χ1v) is 7.38. The van der Waals surface area contributed by atoms with Crippen molar-refractivity contribution in [1.29, 1.82) is 0 Å². The minimum Gasteiger partial charge on any atom is -0.440 e. The lowest BCUT2D eigenvalue weighted by Gasteiger charge is -2.14. The molecule has 0 saturated heterocycles. The molecule has 2 nitrogen and oxygen atoms in total. The second kappa shape index (κ2) is 6.06. The van der Waals surface area contributed by atoms with Crippen LogP contribution in [0.4, 0.5) is 4.39 Å². The summed E-state index contributed by atoms with van der Waals surface area (Å²) in [6, 6.07) is 16.6. The minimum atomic E-state index is -0.298. The molecule has 22 heavy (non-hydrogen) atoms. The Morgan fingerprint density at radius 3 is 2.68 bits per heavy atom. The van der Waals surface area contributed by atoms with Crippen LogP contribution < -0.4 is 4.74 Å². The van der Waals surface area contributed by atoms with E-state index in [1.807, 2.05) is 42.0 Å². The van der Waals surface area contributed by atoms with E-state index in [0.717, 1.165) is 17.7 Å². The van der Waals surface area contributed by atoms with Crippen molar-refractivity contribution < 1.29 is 9.13 Å². The minimum absolute atomic E-state index is 0.298. The predicted molar refractivity (Wildman–Crippen MR) is 86.4 cm³/mol. The SMILES string of the molecule is CCc1ccccc1-n1cccc1Oc1cc(F)ccc1C. The van der Waals surface area contributed by atoms with Gasteiger partial charge >= 0.3 is 0 Å². The third-order valence-electron chi connectivity index (χ3n) is 3.71. The third kappa shape index (κ3) is 2.75. The quantitative estimate of drug-likeness (QED) is 0.638. The van der Waals surface area contributed by atoms with Gasteiger partial charge in [0.25, 0.3) is 0 Å². The number of para-hydroxylation sites is 1. The second-order valence-corrected chi connectivity index (χ2v) is 5.21. The van der Waals surface area contributed by atoms with E-state index in [1.54, 1.807) is 6.07 Å². The van der Waals surface area contributed by atoms with Crippen LogP contribution in [-0.4, -0.2) is 4.57 Å². The van der Waals surface area contributed by atoms with Crippen molar-refractivity contribution >= 4 is 0 Å². The van der Waals surface area contributed by atoms with Gasteiger partial charge in [0, 0.05) is 18.3 Å². The van der Waals surface area contributed by atoms with Crippen LogP contribution in [0, 0.1) is 12.7 Å². The van der Waals surface area contributed by atoms with Gasteiger partial charge in [-0.2, -0.15) is 0 Å². The van der Waals surface area contributed by atoms with Crippen LogP contribution in [0.2, 0.25) is 0 Å². The number of halogens is 1. The van der Waals surface area contributed by atoms with Crippen molar-refractivity contribution in [1.82, 2.24) is 4.57 Å². The van der Waals surface area contributed by atoms with Crippen LogP contribution >= 0.6 is 0 Å². The molecule has 0 radical (unpaired) electrons. The number of ether oxygens (including phenoxy) is 1. The average molecular weight is 295 g/mol. The highest BCUT2D eigenvalue weighted by Gasteiger charge is 2.10. The molecule has 0 unspecified atom stereocenters. The Labute approximate surface area is 129 Å². The smallest absolute Gasteiger partial charge is 0.204 e. The number of nitrogens with zero attached hydrogens (tertiary/aromatic N) is 1. The third-order valence-corrected chi connectivity index (χ3v) is 3.71. The van der Waals surface area contributed by atoms with E-state index in [4.69, 9.17) is 4.74 Å². The molecule has 2 aromatic carbocycles. The lowest BCUT2D eigenvalue weighted by Crippen LogP contribution is -2.00. The highest BCUT2D eigenvalue weighted by atomic mass is 19.1. The molecular formula is C19H18FNO. The van der Waals surface area contributed by atoms with Crippen molar-refractivity contribution in [3.8, 4) is 17.3 Å². The van der Waals surface area contributed by atoms with Crippen molar-refractivity contribution in [2.75, 3.05) is 0 Å². The van der Waals surface area contributed by atoms with E-state index < -0.39 is 0 Å². The van der Waals surface area contributed by atoms with Gasteiger partial charge in [-0.25, -0.2) is 4.39 Å². The number of aryl methyl sites for hydroxylation is 2. The molecule has 0 spiro atoms. The molecule has 0 saturated carbocycles. The fraction of sp³-hybridized carbons (Fsp3) is 0.158. The maximum Gasteiger partial charge on any atom is 0.204 e. The van der Waals surface area contributed by atoms with E-state index in [-0.39, 0.29) is 5.82 Å². The first-order valence-electron chi connectivity index (χ1n) is 7.38. The lowest BCUT2D eigenvalue weighted by atomic mass is 10.1. The largest absolute Gasteiger partial charge is 0.440 e. The summed E-state index contributed by atoms with van der Waals surface area (Å²) in [6.45, 7) is 4.03. The Morgan fingerprint density at radius 1 is 1.05 bits per heavy atom. The summed E-state index contributed by atoms with van der Waals surface area (Å²) in [5, 5.41) is 0. The van der Waals surface area contributed by atoms with E-state index >= 15 is 0 Å². The summed E-state index contributed by atoms with van der Waals surface area (Å²) in [5.41, 5.74) is 3.22.